The van der Waals surface area contributed by atoms with Crippen LogP contribution in [-0.2, 0) is 24.7 Å². The molecule has 3 heteroatoms. The first-order valence-corrected chi connectivity index (χ1v) is 13.5. The van der Waals surface area contributed by atoms with Crippen molar-refractivity contribution in [1.82, 2.24) is 0 Å². The molecule has 0 aliphatic heterocycles. The Morgan fingerprint density at radius 3 is 2.00 bits per heavy atom. The van der Waals surface area contributed by atoms with Crippen molar-refractivity contribution in [3.63, 3.8) is 0 Å². The Balaban J connectivity index is 0.00000137. The Kier molecular flexibility index (Phi) is 8.08. The SMILES string of the molecule is [Cl-].[Cl-].[Zr+2][CH]1C2C=CC=CC2C2CCCC(=C(c3ccccc3)c3ccccc3)C12C1=CC=CC1. The van der Waals surface area contributed by atoms with E-state index in [9.17, 15) is 0 Å². The molecule has 2 aromatic rings. The Hall–Kier alpha value is -1.40. The zero-order valence-electron chi connectivity index (χ0n) is 19.2. The van der Waals surface area contributed by atoms with Crippen molar-refractivity contribution in [2.45, 2.75) is 29.3 Å². The first kappa shape index (κ1) is 25.7. The van der Waals surface area contributed by atoms with Crippen LogP contribution in [0.15, 0.2) is 114 Å². The van der Waals surface area contributed by atoms with E-state index in [1.54, 1.807) is 35.9 Å². The van der Waals surface area contributed by atoms with Gasteiger partial charge in [0.25, 0.3) is 0 Å². The van der Waals surface area contributed by atoms with Gasteiger partial charge in [0.05, 0.1) is 0 Å². The minimum atomic E-state index is 0. The standard InChI is InChI=1S/C31H29.2ClH.Zr/c1-3-12-23(13-4-1)30(24-14-5-2-6-15-24)29-21-11-20-28-27-19-10-7-16-25(27)22-31(28,29)26-17-8-9-18-26;;;/h1-10,12-17,19,22,25,27-28H,11,18,20-21H2;2*1H;/q;;;+2/p-2. The number of fused-ring (bicyclic) bond motifs is 3. The van der Waals surface area contributed by atoms with Crippen molar-refractivity contribution in [3.05, 3.63) is 125 Å². The van der Waals surface area contributed by atoms with Crippen LogP contribution in [0.4, 0.5) is 0 Å². The van der Waals surface area contributed by atoms with E-state index in [1.165, 1.54) is 36.0 Å². The Labute approximate surface area is 231 Å². The summed E-state index contributed by atoms with van der Waals surface area (Å²) in [4.78, 5) is 0. The molecule has 0 radical (unpaired) electrons. The van der Waals surface area contributed by atoms with Crippen molar-refractivity contribution in [2.75, 3.05) is 0 Å². The molecule has 6 rings (SSSR count). The van der Waals surface area contributed by atoms with Crippen molar-refractivity contribution >= 4 is 5.57 Å². The first-order chi connectivity index (χ1) is 15.8. The van der Waals surface area contributed by atoms with Crippen molar-refractivity contribution < 1.29 is 49.5 Å². The molecule has 0 heterocycles. The van der Waals surface area contributed by atoms with E-state index in [0.29, 0.717) is 21.4 Å². The first-order valence-electron chi connectivity index (χ1n) is 12.1. The van der Waals surface area contributed by atoms with Crippen molar-refractivity contribution in [2.24, 2.45) is 23.2 Å². The molecule has 0 spiro atoms. The van der Waals surface area contributed by atoms with E-state index in [4.69, 9.17) is 0 Å². The molecule has 171 valence electrons. The second-order valence-corrected chi connectivity index (χ2v) is 11.2. The average Bonchev–Trinajstić information content (AvgIpc) is 3.48. The number of hydrogen-bond donors (Lipinski definition) is 0. The fraction of sp³-hybridized carbons (Fsp3) is 0.290. The second kappa shape index (κ2) is 10.7. The molecule has 4 aliphatic rings. The number of halogens is 2. The van der Waals surface area contributed by atoms with E-state index >= 15 is 0 Å². The number of hydrogen-bond acceptors (Lipinski definition) is 0. The van der Waals surface area contributed by atoms with Gasteiger partial charge in [0.15, 0.2) is 0 Å². The minimum absolute atomic E-state index is 0. The quantitative estimate of drug-likeness (QED) is 0.535. The molecule has 2 aromatic carbocycles. The normalized spacial score (nSPS) is 30.6. The summed E-state index contributed by atoms with van der Waals surface area (Å²) in [6.07, 6.45) is 21.9. The molecule has 5 unspecified atom stereocenters. The van der Waals surface area contributed by atoms with Gasteiger partial charge in [0, 0.05) is 0 Å². The summed E-state index contributed by atoms with van der Waals surface area (Å²) in [5.41, 5.74) is 7.84. The van der Waals surface area contributed by atoms with Gasteiger partial charge in [-0.05, 0) is 0 Å². The zero-order valence-corrected chi connectivity index (χ0v) is 23.2. The van der Waals surface area contributed by atoms with Gasteiger partial charge in [0.1, 0.15) is 0 Å². The van der Waals surface area contributed by atoms with E-state index in [-0.39, 0.29) is 30.2 Å². The van der Waals surface area contributed by atoms with E-state index < -0.39 is 0 Å². The molecule has 0 N–H and O–H groups in total. The molecule has 4 aliphatic carbocycles. The van der Waals surface area contributed by atoms with Crippen LogP contribution < -0.4 is 24.8 Å². The second-order valence-electron chi connectivity index (χ2n) is 9.68. The van der Waals surface area contributed by atoms with Crippen LogP contribution in [0, 0.1) is 23.2 Å². The van der Waals surface area contributed by atoms with Gasteiger partial charge in [0.2, 0.25) is 0 Å². The third-order valence-corrected chi connectivity index (χ3v) is 10.4. The van der Waals surface area contributed by atoms with Crippen LogP contribution in [0.25, 0.3) is 5.57 Å². The summed E-state index contributed by atoms with van der Waals surface area (Å²) < 4.78 is 0.690. The summed E-state index contributed by atoms with van der Waals surface area (Å²) >= 11 is 1.69. The predicted molar refractivity (Wildman–Crippen MR) is 130 cm³/mol. The molecular weight excluding hydrogens is 534 g/mol. The fourth-order valence-corrected chi connectivity index (χ4v) is 9.42. The summed E-state index contributed by atoms with van der Waals surface area (Å²) in [6, 6.07) is 22.4. The molecule has 0 aromatic heterocycles. The summed E-state index contributed by atoms with van der Waals surface area (Å²) in [6.45, 7) is 0. The van der Waals surface area contributed by atoms with E-state index in [0.717, 1.165) is 6.42 Å². The van der Waals surface area contributed by atoms with Crippen LogP contribution in [0.5, 0.6) is 0 Å². The van der Waals surface area contributed by atoms with Gasteiger partial charge < -0.3 is 24.8 Å². The number of benzene rings is 2. The van der Waals surface area contributed by atoms with Gasteiger partial charge >= 0.3 is 208 Å². The maximum atomic E-state index is 2.55. The summed E-state index contributed by atoms with van der Waals surface area (Å²) in [5, 5.41) is 0. The molecule has 0 nitrogen and oxygen atoms in total. The van der Waals surface area contributed by atoms with Crippen LogP contribution in [-0.4, -0.2) is 0 Å². The molecule has 34 heavy (non-hydrogen) atoms. The fourth-order valence-electron chi connectivity index (χ4n) is 7.19. The molecule has 2 fully saturated rings. The van der Waals surface area contributed by atoms with Crippen LogP contribution >= 0.6 is 0 Å². The van der Waals surface area contributed by atoms with Crippen molar-refractivity contribution in [1.29, 1.82) is 0 Å². The van der Waals surface area contributed by atoms with Crippen molar-refractivity contribution in [3.8, 4) is 0 Å². The molecule has 5 atom stereocenters. The molecule has 0 bridgehead atoms. The monoisotopic (exact) mass is 561 g/mol. The van der Waals surface area contributed by atoms with E-state index in [1.807, 2.05) is 0 Å². The molecule has 0 amide bonds. The van der Waals surface area contributed by atoms with Crippen LogP contribution in [0.3, 0.4) is 0 Å². The topological polar surface area (TPSA) is 0 Å². The molecular formula is C31H29Cl2Zr. The third kappa shape index (κ3) is 3.93. The Morgan fingerprint density at radius 2 is 1.41 bits per heavy atom. The van der Waals surface area contributed by atoms with Gasteiger partial charge in [-0.25, -0.2) is 0 Å². The molecule has 0 saturated heterocycles. The van der Waals surface area contributed by atoms with E-state index in [2.05, 4.69) is 103 Å². The molecule has 2 saturated carbocycles. The maximum absolute atomic E-state index is 2.55. The van der Waals surface area contributed by atoms with Gasteiger partial charge in [-0.2, -0.15) is 0 Å². The van der Waals surface area contributed by atoms with Crippen LogP contribution in [0.1, 0.15) is 36.8 Å². The average molecular weight is 564 g/mol. The number of rotatable bonds is 3. The zero-order chi connectivity index (χ0) is 21.5. The van der Waals surface area contributed by atoms with Gasteiger partial charge in [-0.3, -0.25) is 0 Å². The van der Waals surface area contributed by atoms with Gasteiger partial charge in [-0.15, -0.1) is 0 Å². The predicted octanol–water partition coefficient (Wildman–Crippen LogP) is 1.88. The Bertz CT molecular complexity index is 1120. The van der Waals surface area contributed by atoms with Gasteiger partial charge in [-0.1, -0.05) is 0 Å². The van der Waals surface area contributed by atoms with Crippen LogP contribution in [0.2, 0.25) is 3.63 Å². The Morgan fingerprint density at radius 1 is 0.794 bits per heavy atom. The summed E-state index contributed by atoms with van der Waals surface area (Å²) in [7, 11) is 0. The third-order valence-electron chi connectivity index (χ3n) is 8.32. The number of allylic oxidation sites excluding steroid dienone is 9. The summed E-state index contributed by atoms with van der Waals surface area (Å²) in [5.74, 6) is 2.05.